The Hall–Kier alpha value is -4.15. The molecule has 1 aliphatic carbocycles. The molecule has 7 nitrogen and oxygen atoms in total. The number of ether oxygens (including phenoxy) is 1. The molecule has 0 bridgehead atoms. The zero-order valence-electron chi connectivity index (χ0n) is 19.8. The number of nitrogens with zero attached hydrogens (tertiary/aromatic N) is 3. The molecule has 192 valence electrons. The first-order valence-electron chi connectivity index (χ1n) is 11.7. The predicted octanol–water partition coefficient (Wildman–Crippen LogP) is 5.89. The SMILES string of the molecule is Cc1cc(-c2cnc3c(NCCC(F)(F)F)cc(Oc4cncc(F)c4)cn23)ccc1C(=O)NC1CC1. The minimum absolute atomic E-state index is 0.125. The van der Waals surface area contributed by atoms with Gasteiger partial charge in [-0.1, -0.05) is 6.07 Å². The number of benzene rings is 1. The van der Waals surface area contributed by atoms with Crippen LogP contribution in [0.4, 0.5) is 23.2 Å². The summed E-state index contributed by atoms with van der Waals surface area (Å²) >= 11 is 0. The normalized spacial score (nSPS) is 13.5. The van der Waals surface area contributed by atoms with Gasteiger partial charge < -0.3 is 15.4 Å². The molecule has 5 rings (SSSR count). The molecule has 0 radical (unpaired) electrons. The standard InChI is InChI=1S/C26H23F4N5O2/c1-15-8-16(2-5-21(15)25(36)34-18-3-4-18)23-13-33-24-22(32-7-6-26(28,29)30)10-20(14-35(23)24)37-19-9-17(27)11-31-12-19/h2,5,8-14,18,32H,3-4,6-7H2,1H3,(H,34,36). The van der Waals surface area contributed by atoms with Crippen LogP contribution in [0, 0.1) is 12.7 Å². The number of carbonyl (C=O) groups excluding carboxylic acids is 1. The molecule has 1 aliphatic rings. The smallest absolute Gasteiger partial charge is 0.390 e. The summed E-state index contributed by atoms with van der Waals surface area (Å²) in [6.07, 6.45) is 2.18. The van der Waals surface area contributed by atoms with Gasteiger partial charge in [-0.15, -0.1) is 0 Å². The summed E-state index contributed by atoms with van der Waals surface area (Å²) in [7, 11) is 0. The van der Waals surface area contributed by atoms with E-state index in [0.29, 0.717) is 22.6 Å². The number of imidazole rings is 1. The Kier molecular flexibility index (Phi) is 6.45. The number of aromatic nitrogens is 3. The minimum Gasteiger partial charge on any atom is -0.454 e. The van der Waals surface area contributed by atoms with Crippen molar-refractivity contribution in [2.45, 2.75) is 38.4 Å². The van der Waals surface area contributed by atoms with Crippen LogP contribution in [-0.2, 0) is 0 Å². The second-order valence-corrected chi connectivity index (χ2v) is 8.94. The number of aryl methyl sites for hydroxylation is 1. The zero-order valence-corrected chi connectivity index (χ0v) is 19.8. The fourth-order valence-electron chi connectivity index (χ4n) is 3.95. The largest absolute Gasteiger partial charge is 0.454 e. The molecule has 2 N–H and O–H groups in total. The molecular formula is C26H23F4N5O2. The van der Waals surface area contributed by atoms with Crippen LogP contribution in [-0.4, -0.2) is 39.0 Å². The van der Waals surface area contributed by atoms with E-state index >= 15 is 0 Å². The molecule has 4 aromatic rings. The monoisotopic (exact) mass is 513 g/mol. The molecule has 0 atom stereocenters. The van der Waals surface area contributed by atoms with E-state index in [9.17, 15) is 22.4 Å². The van der Waals surface area contributed by atoms with Gasteiger partial charge in [0.05, 0.1) is 42.6 Å². The van der Waals surface area contributed by atoms with Gasteiger partial charge in [-0.3, -0.25) is 14.2 Å². The van der Waals surface area contributed by atoms with Gasteiger partial charge in [-0.25, -0.2) is 9.37 Å². The number of halogens is 4. The van der Waals surface area contributed by atoms with Crippen molar-refractivity contribution in [3.05, 3.63) is 72.1 Å². The highest BCUT2D eigenvalue weighted by Crippen LogP contribution is 2.32. The van der Waals surface area contributed by atoms with E-state index in [2.05, 4.69) is 20.6 Å². The van der Waals surface area contributed by atoms with Crippen molar-refractivity contribution < 1.29 is 27.1 Å². The Bertz CT molecular complexity index is 1460. The molecule has 0 aliphatic heterocycles. The maximum absolute atomic E-state index is 13.6. The number of hydrogen-bond acceptors (Lipinski definition) is 5. The van der Waals surface area contributed by atoms with Gasteiger partial charge >= 0.3 is 6.18 Å². The Morgan fingerprint density at radius 1 is 1.14 bits per heavy atom. The van der Waals surface area contributed by atoms with Gasteiger partial charge in [0.15, 0.2) is 5.65 Å². The van der Waals surface area contributed by atoms with Gasteiger partial charge in [-0.2, -0.15) is 13.2 Å². The maximum atomic E-state index is 13.6. The fourth-order valence-corrected chi connectivity index (χ4v) is 3.95. The van der Waals surface area contributed by atoms with E-state index in [1.807, 2.05) is 13.0 Å². The summed E-state index contributed by atoms with van der Waals surface area (Å²) in [5, 5.41) is 5.75. The first-order valence-corrected chi connectivity index (χ1v) is 11.7. The molecule has 0 spiro atoms. The molecule has 0 saturated heterocycles. The first kappa shape index (κ1) is 24.5. The second kappa shape index (κ2) is 9.72. The number of nitrogens with one attached hydrogen (secondary N) is 2. The molecule has 37 heavy (non-hydrogen) atoms. The number of anilines is 1. The van der Waals surface area contributed by atoms with Crippen LogP contribution in [0.25, 0.3) is 16.9 Å². The minimum atomic E-state index is -4.32. The van der Waals surface area contributed by atoms with E-state index in [1.54, 1.807) is 28.9 Å². The number of pyridine rings is 2. The lowest BCUT2D eigenvalue weighted by atomic mass is 10.0. The van der Waals surface area contributed by atoms with Gasteiger partial charge in [0.25, 0.3) is 5.91 Å². The third kappa shape index (κ3) is 5.82. The van der Waals surface area contributed by atoms with E-state index in [4.69, 9.17) is 4.74 Å². The van der Waals surface area contributed by atoms with Crippen molar-refractivity contribution >= 4 is 17.2 Å². The average molecular weight is 513 g/mol. The summed E-state index contributed by atoms with van der Waals surface area (Å²) in [6, 6.07) is 8.27. The lowest BCUT2D eigenvalue weighted by Gasteiger charge is -2.14. The number of alkyl halides is 3. The third-order valence-corrected chi connectivity index (χ3v) is 5.90. The van der Waals surface area contributed by atoms with E-state index in [0.717, 1.165) is 36.2 Å². The van der Waals surface area contributed by atoms with E-state index in [1.165, 1.54) is 12.3 Å². The number of carbonyl (C=O) groups is 1. The highest BCUT2D eigenvalue weighted by Gasteiger charge is 2.27. The summed E-state index contributed by atoms with van der Waals surface area (Å²) in [5.74, 6) is -0.345. The van der Waals surface area contributed by atoms with Crippen molar-refractivity contribution in [3.8, 4) is 22.8 Å². The summed E-state index contributed by atoms with van der Waals surface area (Å²) in [4.78, 5) is 20.7. The van der Waals surface area contributed by atoms with Crippen LogP contribution in [0.5, 0.6) is 11.5 Å². The number of hydrogen-bond donors (Lipinski definition) is 2. The summed E-state index contributed by atoms with van der Waals surface area (Å²) < 4.78 is 59.3. The average Bonchev–Trinajstić information content (AvgIpc) is 3.53. The first-order chi connectivity index (χ1) is 17.7. The van der Waals surface area contributed by atoms with Crippen molar-refractivity contribution in [3.63, 3.8) is 0 Å². The topological polar surface area (TPSA) is 80.6 Å². The zero-order chi connectivity index (χ0) is 26.2. The lowest BCUT2D eigenvalue weighted by Crippen LogP contribution is -2.26. The van der Waals surface area contributed by atoms with Crippen molar-refractivity contribution in [1.82, 2.24) is 19.7 Å². The molecule has 1 fully saturated rings. The Balaban J connectivity index is 1.51. The van der Waals surface area contributed by atoms with Gasteiger partial charge in [0.2, 0.25) is 0 Å². The van der Waals surface area contributed by atoms with Crippen LogP contribution in [0.15, 0.2) is 55.1 Å². The molecule has 1 amide bonds. The predicted molar refractivity (Wildman–Crippen MR) is 129 cm³/mol. The molecule has 1 aromatic carbocycles. The van der Waals surface area contributed by atoms with Crippen LogP contribution in [0.3, 0.4) is 0 Å². The Morgan fingerprint density at radius 3 is 2.65 bits per heavy atom. The van der Waals surface area contributed by atoms with Crippen molar-refractivity contribution in [1.29, 1.82) is 0 Å². The third-order valence-electron chi connectivity index (χ3n) is 5.90. The quantitative estimate of drug-likeness (QED) is 0.287. The van der Waals surface area contributed by atoms with Crippen LogP contribution in [0.1, 0.15) is 35.2 Å². The van der Waals surface area contributed by atoms with Gasteiger partial charge in [0, 0.05) is 35.8 Å². The summed E-state index contributed by atoms with van der Waals surface area (Å²) in [6.45, 7) is 1.47. The van der Waals surface area contributed by atoms with Crippen LogP contribution >= 0.6 is 0 Å². The molecule has 1 saturated carbocycles. The van der Waals surface area contributed by atoms with Crippen LogP contribution < -0.4 is 15.4 Å². The van der Waals surface area contributed by atoms with E-state index in [-0.39, 0.29) is 30.0 Å². The van der Waals surface area contributed by atoms with Gasteiger partial charge in [0.1, 0.15) is 17.3 Å². The number of rotatable bonds is 8. The second-order valence-electron chi connectivity index (χ2n) is 8.94. The van der Waals surface area contributed by atoms with Crippen LogP contribution in [0.2, 0.25) is 0 Å². The molecule has 0 unspecified atom stereocenters. The maximum Gasteiger partial charge on any atom is 0.390 e. The highest BCUT2D eigenvalue weighted by atomic mass is 19.4. The Morgan fingerprint density at radius 2 is 1.95 bits per heavy atom. The van der Waals surface area contributed by atoms with E-state index < -0.39 is 18.4 Å². The number of amides is 1. The highest BCUT2D eigenvalue weighted by molar-refractivity contribution is 5.96. The summed E-state index contributed by atoms with van der Waals surface area (Å²) in [5.41, 5.74) is 3.42. The Labute approximate surface area is 209 Å². The lowest BCUT2D eigenvalue weighted by molar-refractivity contribution is -0.131. The fraction of sp³-hybridized carbons (Fsp3) is 0.269. The molecular weight excluding hydrogens is 490 g/mol. The molecule has 3 heterocycles. The number of fused-ring (bicyclic) bond motifs is 1. The van der Waals surface area contributed by atoms with Gasteiger partial charge in [-0.05, 0) is 37.5 Å². The van der Waals surface area contributed by atoms with Crippen molar-refractivity contribution in [2.75, 3.05) is 11.9 Å². The van der Waals surface area contributed by atoms with Crippen molar-refractivity contribution in [2.24, 2.45) is 0 Å². The molecule has 11 heteroatoms. The molecule has 3 aromatic heterocycles.